The van der Waals surface area contributed by atoms with Crippen LogP contribution in [0.5, 0.6) is 5.75 Å². The predicted octanol–water partition coefficient (Wildman–Crippen LogP) is 1.70. The molecule has 1 saturated heterocycles. The number of rotatable bonds is 2. The van der Waals surface area contributed by atoms with Gasteiger partial charge < -0.3 is 5.11 Å². The van der Waals surface area contributed by atoms with Crippen LogP contribution in [0.1, 0.15) is 12.0 Å². The number of benzene rings is 1. The average Bonchev–Trinajstić information content (AvgIpc) is 3.10. The summed E-state index contributed by atoms with van der Waals surface area (Å²) >= 11 is 0. The van der Waals surface area contributed by atoms with Gasteiger partial charge in [-0.3, -0.25) is 14.5 Å². The lowest BCUT2D eigenvalue weighted by atomic mass is 9.85. The standard InChI is InChI=1S/C16H15NO3/c18-12-4-2-1-3-11(12)8-17-15(19)13-9-5-6-10(7-9)14(13)16(17)20/h1-6,9-10,13-14,18H,7-8H2. The van der Waals surface area contributed by atoms with E-state index >= 15 is 0 Å². The number of imide groups is 1. The van der Waals surface area contributed by atoms with Gasteiger partial charge in [0, 0.05) is 5.56 Å². The Morgan fingerprint density at radius 3 is 2.25 bits per heavy atom. The van der Waals surface area contributed by atoms with Crippen LogP contribution in [0, 0.1) is 23.7 Å². The molecule has 0 radical (unpaired) electrons. The fraction of sp³-hybridized carbons (Fsp3) is 0.375. The van der Waals surface area contributed by atoms with Gasteiger partial charge in [-0.15, -0.1) is 0 Å². The highest BCUT2D eigenvalue weighted by atomic mass is 16.3. The summed E-state index contributed by atoms with van der Waals surface area (Å²) in [6, 6.07) is 6.85. The van der Waals surface area contributed by atoms with E-state index in [2.05, 4.69) is 12.2 Å². The fourth-order valence-corrected chi connectivity index (χ4v) is 3.93. The lowest BCUT2D eigenvalue weighted by Gasteiger charge is -2.17. The molecule has 1 heterocycles. The summed E-state index contributed by atoms with van der Waals surface area (Å²) in [5.41, 5.74) is 0.620. The number of likely N-dealkylation sites (tertiary alicyclic amines) is 1. The molecule has 1 aromatic carbocycles. The van der Waals surface area contributed by atoms with E-state index in [-0.39, 0.29) is 47.8 Å². The first-order chi connectivity index (χ1) is 9.66. The summed E-state index contributed by atoms with van der Waals surface area (Å²) in [6.07, 6.45) is 5.11. The lowest BCUT2D eigenvalue weighted by molar-refractivity contribution is -0.141. The van der Waals surface area contributed by atoms with Gasteiger partial charge in [0.05, 0.1) is 18.4 Å². The Morgan fingerprint density at radius 1 is 1.05 bits per heavy atom. The van der Waals surface area contributed by atoms with E-state index < -0.39 is 0 Å². The van der Waals surface area contributed by atoms with Crippen molar-refractivity contribution in [3.8, 4) is 5.75 Å². The molecule has 4 rings (SSSR count). The summed E-state index contributed by atoms with van der Waals surface area (Å²) in [5.74, 6) is 0.129. The Morgan fingerprint density at radius 2 is 1.65 bits per heavy atom. The quantitative estimate of drug-likeness (QED) is 0.656. The molecule has 1 saturated carbocycles. The number of amides is 2. The minimum atomic E-state index is -0.164. The molecular formula is C16H15NO3. The predicted molar refractivity (Wildman–Crippen MR) is 71.4 cm³/mol. The molecule has 2 amide bonds. The number of phenolic OH excluding ortho intramolecular Hbond substituents is 1. The summed E-state index contributed by atoms with van der Waals surface area (Å²) in [5, 5.41) is 9.80. The SMILES string of the molecule is O=C1C2C3C=CC(C3)C2C(=O)N1Cc1ccccc1O. The monoisotopic (exact) mass is 269 g/mol. The highest BCUT2D eigenvalue weighted by Gasteiger charge is 2.59. The molecule has 20 heavy (non-hydrogen) atoms. The van der Waals surface area contributed by atoms with Gasteiger partial charge in [-0.1, -0.05) is 30.4 Å². The zero-order valence-corrected chi connectivity index (χ0v) is 10.9. The Hall–Kier alpha value is -2.10. The third kappa shape index (κ3) is 1.42. The van der Waals surface area contributed by atoms with Crippen LogP contribution in [-0.4, -0.2) is 21.8 Å². The van der Waals surface area contributed by atoms with Crippen molar-refractivity contribution >= 4 is 11.8 Å². The van der Waals surface area contributed by atoms with Crippen molar-refractivity contribution in [2.24, 2.45) is 23.7 Å². The molecule has 1 aliphatic heterocycles. The number of nitrogens with zero attached hydrogens (tertiary/aromatic N) is 1. The van der Waals surface area contributed by atoms with E-state index in [1.54, 1.807) is 24.3 Å². The molecule has 3 aliphatic rings. The Bertz CT molecular complexity index is 606. The summed E-state index contributed by atoms with van der Waals surface area (Å²) in [7, 11) is 0. The lowest BCUT2D eigenvalue weighted by Crippen LogP contribution is -2.32. The number of hydrogen-bond donors (Lipinski definition) is 1. The van der Waals surface area contributed by atoms with E-state index in [1.165, 1.54) is 4.90 Å². The van der Waals surface area contributed by atoms with Crippen molar-refractivity contribution in [2.75, 3.05) is 0 Å². The van der Waals surface area contributed by atoms with Crippen molar-refractivity contribution in [1.29, 1.82) is 0 Å². The summed E-state index contributed by atoms with van der Waals surface area (Å²) in [4.78, 5) is 26.3. The minimum absolute atomic E-state index is 0.0693. The molecule has 0 aromatic heterocycles. The van der Waals surface area contributed by atoms with Gasteiger partial charge in [-0.25, -0.2) is 0 Å². The maximum absolute atomic E-state index is 12.5. The zero-order valence-electron chi connectivity index (χ0n) is 10.9. The second-order valence-electron chi connectivity index (χ2n) is 5.89. The van der Waals surface area contributed by atoms with Crippen LogP contribution in [0.25, 0.3) is 0 Å². The van der Waals surface area contributed by atoms with Gasteiger partial charge in [-0.05, 0) is 24.3 Å². The minimum Gasteiger partial charge on any atom is -0.508 e. The number of carbonyl (C=O) groups is 2. The molecule has 2 bridgehead atoms. The molecule has 102 valence electrons. The van der Waals surface area contributed by atoms with Crippen LogP contribution in [-0.2, 0) is 16.1 Å². The van der Waals surface area contributed by atoms with Gasteiger partial charge >= 0.3 is 0 Å². The second kappa shape index (κ2) is 3.95. The Kier molecular flexibility index (Phi) is 2.31. The molecule has 4 unspecified atom stereocenters. The molecule has 0 spiro atoms. The van der Waals surface area contributed by atoms with Crippen LogP contribution in [0.4, 0.5) is 0 Å². The normalized spacial score (nSPS) is 34.1. The second-order valence-corrected chi connectivity index (χ2v) is 5.89. The topological polar surface area (TPSA) is 57.6 Å². The highest BCUT2D eigenvalue weighted by molar-refractivity contribution is 6.06. The van der Waals surface area contributed by atoms with Crippen LogP contribution in [0.2, 0.25) is 0 Å². The molecule has 4 nitrogen and oxygen atoms in total. The van der Waals surface area contributed by atoms with Gasteiger partial charge in [0.25, 0.3) is 0 Å². The molecule has 2 fully saturated rings. The first-order valence-electron chi connectivity index (χ1n) is 6.97. The van der Waals surface area contributed by atoms with E-state index in [0.717, 1.165) is 6.42 Å². The smallest absolute Gasteiger partial charge is 0.234 e. The van der Waals surface area contributed by atoms with Gasteiger partial charge in [0.1, 0.15) is 5.75 Å². The molecule has 1 aromatic rings. The third-order valence-electron chi connectivity index (χ3n) is 4.88. The number of fused-ring (bicyclic) bond motifs is 5. The van der Waals surface area contributed by atoms with E-state index in [1.807, 2.05) is 0 Å². The van der Waals surface area contributed by atoms with E-state index in [0.29, 0.717) is 5.56 Å². The molecule has 4 atom stereocenters. The van der Waals surface area contributed by atoms with Crippen LogP contribution < -0.4 is 0 Å². The number of hydrogen-bond acceptors (Lipinski definition) is 3. The first kappa shape index (κ1) is 11.7. The zero-order chi connectivity index (χ0) is 13.9. The summed E-state index contributed by atoms with van der Waals surface area (Å²) < 4.78 is 0. The van der Waals surface area contributed by atoms with Gasteiger partial charge in [-0.2, -0.15) is 0 Å². The average molecular weight is 269 g/mol. The number of carbonyl (C=O) groups excluding carboxylic acids is 2. The van der Waals surface area contributed by atoms with Crippen LogP contribution in [0.3, 0.4) is 0 Å². The van der Waals surface area contributed by atoms with Crippen LogP contribution >= 0.6 is 0 Å². The maximum Gasteiger partial charge on any atom is 0.234 e. The third-order valence-corrected chi connectivity index (χ3v) is 4.88. The Balaban J connectivity index is 1.64. The van der Waals surface area contributed by atoms with E-state index in [9.17, 15) is 14.7 Å². The fourth-order valence-electron chi connectivity index (χ4n) is 3.93. The van der Waals surface area contributed by atoms with Crippen molar-refractivity contribution in [3.05, 3.63) is 42.0 Å². The van der Waals surface area contributed by atoms with E-state index in [4.69, 9.17) is 0 Å². The molecule has 1 N–H and O–H groups in total. The molecular weight excluding hydrogens is 254 g/mol. The highest BCUT2D eigenvalue weighted by Crippen LogP contribution is 2.52. The first-order valence-corrected chi connectivity index (χ1v) is 6.97. The van der Waals surface area contributed by atoms with Crippen LogP contribution in [0.15, 0.2) is 36.4 Å². The molecule has 4 heteroatoms. The number of para-hydroxylation sites is 1. The van der Waals surface area contributed by atoms with Crippen molar-refractivity contribution < 1.29 is 14.7 Å². The molecule has 2 aliphatic carbocycles. The maximum atomic E-state index is 12.5. The van der Waals surface area contributed by atoms with Crippen molar-refractivity contribution in [1.82, 2.24) is 4.90 Å². The van der Waals surface area contributed by atoms with Gasteiger partial charge in [0.2, 0.25) is 11.8 Å². The number of aromatic hydroxyl groups is 1. The van der Waals surface area contributed by atoms with Crippen molar-refractivity contribution in [2.45, 2.75) is 13.0 Å². The largest absolute Gasteiger partial charge is 0.508 e. The number of phenols is 1. The Labute approximate surface area is 116 Å². The van der Waals surface area contributed by atoms with Crippen molar-refractivity contribution in [3.63, 3.8) is 0 Å². The van der Waals surface area contributed by atoms with Gasteiger partial charge in [0.15, 0.2) is 0 Å². The number of allylic oxidation sites excluding steroid dienone is 2. The summed E-state index contributed by atoms with van der Waals surface area (Å²) in [6.45, 7) is 0.177.